The van der Waals surface area contributed by atoms with Crippen molar-refractivity contribution in [3.05, 3.63) is 36.2 Å². The van der Waals surface area contributed by atoms with E-state index in [0.717, 1.165) is 6.07 Å². The third-order valence-corrected chi connectivity index (χ3v) is 4.67. The predicted octanol–water partition coefficient (Wildman–Crippen LogP) is 3.18. The van der Waals surface area contributed by atoms with E-state index in [0.29, 0.717) is 17.0 Å². The number of fused-ring (bicyclic) bond motifs is 1. The second-order valence-electron chi connectivity index (χ2n) is 5.29. The van der Waals surface area contributed by atoms with E-state index in [-0.39, 0.29) is 22.2 Å². The average molecular weight is 401 g/mol. The standard InChI is InChI=1S/C16H14F3N3O4S/c1-24-10-3-4-20-9(5-10)8-27(23)15-21-11-6-13(25-2)14(7-12(11)22-15)26-16(17,18)19/h3-7H,8H2,1-2H3,(H,21,22). The van der Waals surface area contributed by atoms with Crippen LogP contribution in [0.5, 0.6) is 17.2 Å². The largest absolute Gasteiger partial charge is 0.573 e. The number of aromatic nitrogens is 3. The summed E-state index contributed by atoms with van der Waals surface area (Å²) in [6.07, 6.45) is -3.35. The molecule has 0 aliphatic carbocycles. The lowest BCUT2D eigenvalue weighted by molar-refractivity contribution is -0.275. The van der Waals surface area contributed by atoms with Gasteiger partial charge in [-0.1, -0.05) is 0 Å². The predicted molar refractivity (Wildman–Crippen MR) is 90.2 cm³/mol. The van der Waals surface area contributed by atoms with Crippen molar-refractivity contribution in [3.63, 3.8) is 0 Å². The molecule has 0 aliphatic heterocycles. The SMILES string of the molecule is COc1ccnc(CS(=O)c2nc3cc(OC)c(OC(F)(F)F)cc3[nH]2)c1. The fraction of sp³-hybridized carbons (Fsp3) is 0.250. The van der Waals surface area contributed by atoms with Crippen LogP contribution in [0.3, 0.4) is 0 Å². The molecule has 0 saturated carbocycles. The molecule has 0 amide bonds. The van der Waals surface area contributed by atoms with Crippen molar-refractivity contribution < 1.29 is 31.6 Å². The number of hydrogen-bond acceptors (Lipinski definition) is 6. The molecule has 1 atom stereocenters. The number of nitrogens with one attached hydrogen (secondary N) is 1. The van der Waals surface area contributed by atoms with E-state index in [4.69, 9.17) is 9.47 Å². The van der Waals surface area contributed by atoms with Crippen LogP contribution in [0.25, 0.3) is 11.0 Å². The molecule has 0 spiro atoms. The third-order valence-electron chi connectivity index (χ3n) is 3.49. The first-order valence-electron chi connectivity index (χ1n) is 7.50. The smallest absolute Gasteiger partial charge is 0.497 e. The van der Waals surface area contributed by atoms with Crippen LogP contribution < -0.4 is 14.2 Å². The van der Waals surface area contributed by atoms with Gasteiger partial charge in [-0.25, -0.2) is 4.98 Å². The zero-order chi connectivity index (χ0) is 19.6. The highest BCUT2D eigenvalue weighted by Gasteiger charge is 2.33. The molecule has 0 fully saturated rings. The second-order valence-corrected chi connectivity index (χ2v) is 6.65. The van der Waals surface area contributed by atoms with Gasteiger partial charge in [-0.05, 0) is 6.07 Å². The lowest BCUT2D eigenvalue weighted by Crippen LogP contribution is -2.17. The van der Waals surface area contributed by atoms with Gasteiger partial charge in [0.15, 0.2) is 16.7 Å². The summed E-state index contributed by atoms with van der Waals surface area (Å²) < 4.78 is 64.1. The Morgan fingerprint density at radius 2 is 1.93 bits per heavy atom. The molecule has 1 aromatic carbocycles. The normalized spacial score (nSPS) is 12.8. The number of ether oxygens (including phenoxy) is 3. The van der Waals surface area contributed by atoms with Crippen LogP contribution in [-0.2, 0) is 16.6 Å². The summed E-state index contributed by atoms with van der Waals surface area (Å²) in [5, 5.41) is 0.0980. The van der Waals surface area contributed by atoms with E-state index in [9.17, 15) is 17.4 Å². The van der Waals surface area contributed by atoms with Crippen LogP contribution >= 0.6 is 0 Å². The first-order valence-corrected chi connectivity index (χ1v) is 8.81. The number of H-pyrrole nitrogens is 1. The van der Waals surface area contributed by atoms with Crippen molar-refractivity contribution in [3.8, 4) is 17.2 Å². The van der Waals surface area contributed by atoms with Crippen LogP contribution in [-0.4, -0.2) is 39.7 Å². The van der Waals surface area contributed by atoms with Crippen molar-refractivity contribution in [2.75, 3.05) is 14.2 Å². The van der Waals surface area contributed by atoms with Crippen LogP contribution in [0.4, 0.5) is 13.2 Å². The molecular weight excluding hydrogens is 387 g/mol. The summed E-state index contributed by atoms with van der Waals surface area (Å²) in [4.78, 5) is 11.0. The Morgan fingerprint density at radius 3 is 2.59 bits per heavy atom. The van der Waals surface area contributed by atoms with E-state index >= 15 is 0 Å². The molecule has 2 heterocycles. The molecule has 27 heavy (non-hydrogen) atoms. The highest BCUT2D eigenvalue weighted by molar-refractivity contribution is 7.84. The number of alkyl halides is 3. The Morgan fingerprint density at radius 1 is 1.15 bits per heavy atom. The van der Waals surface area contributed by atoms with Gasteiger partial charge < -0.3 is 19.2 Å². The van der Waals surface area contributed by atoms with Crippen molar-refractivity contribution >= 4 is 21.8 Å². The van der Waals surface area contributed by atoms with E-state index < -0.39 is 22.9 Å². The summed E-state index contributed by atoms with van der Waals surface area (Å²) in [6, 6.07) is 5.66. The number of aromatic amines is 1. The molecule has 0 radical (unpaired) electrons. The average Bonchev–Trinajstić information content (AvgIpc) is 3.02. The fourth-order valence-electron chi connectivity index (χ4n) is 2.33. The van der Waals surface area contributed by atoms with Gasteiger partial charge in [-0.3, -0.25) is 9.19 Å². The molecule has 144 valence electrons. The number of hydrogen-bond donors (Lipinski definition) is 1. The third kappa shape index (κ3) is 4.48. The Bertz CT molecular complexity index is 991. The summed E-state index contributed by atoms with van der Waals surface area (Å²) in [7, 11) is 1.12. The van der Waals surface area contributed by atoms with Crippen molar-refractivity contribution in [1.29, 1.82) is 0 Å². The number of methoxy groups -OCH3 is 2. The molecule has 0 aliphatic rings. The highest BCUT2D eigenvalue weighted by Crippen LogP contribution is 2.35. The van der Waals surface area contributed by atoms with Crippen LogP contribution in [0.1, 0.15) is 5.69 Å². The first kappa shape index (κ1) is 19.0. The Balaban J connectivity index is 1.90. The molecule has 0 bridgehead atoms. The maximum absolute atomic E-state index is 12.5. The van der Waals surface area contributed by atoms with Crippen LogP contribution in [0.2, 0.25) is 0 Å². The zero-order valence-electron chi connectivity index (χ0n) is 14.2. The summed E-state index contributed by atoms with van der Waals surface area (Å²) in [6.45, 7) is 0. The number of benzene rings is 1. The quantitative estimate of drug-likeness (QED) is 0.683. The molecule has 1 N–H and O–H groups in total. The maximum atomic E-state index is 12.5. The van der Waals surface area contributed by atoms with E-state index in [1.165, 1.54) is 26.5 Å². The maximum Gasteiger partial charge on any atom is 0.573 e. The van der Waals surface area contributed by atoms with Gasteiger partial charge in [0, 0.05) is 24.4 Å². The Hall–Kier alpha value is -2.82. The van der Waals surface area contributed by atoms with Crippen LogP contribution in [0, 0.1) is 0 Å². The number of rotatable bonds is 6. The molecule has 0 saturated heterocycles. The zero-order valence-corrected chi connectivity index (χ0v) is 15.0. The minimum Gasteiger partial charge on any atom is -0.497 e. The number of imidazole rings is 1. The van der Waals surface area contributed by atoms with Crippen molar-refractivity contribution in [1.82, 2.24) is 15.0 Å². The van der Waals surface area contributed by atoms with Gasteiger partial charge in [-0.15, -0.1) is 13.2 Å². The minimum absolute atomic E-state index is 0.0556. The monoisotopic (exact) mass is 401 g/mol. The number of halogens is 3. The lowest BCUT2D eigenvalue weighted by Gasteiger charge is -2.12. The van der Waals surface area contributed by atoms with Gasteiger partial charge in [0.2, 0.25) is 0 Å². The lowest BCUT2D eigenvalue weighted by atomic mass is 10.3. The first-order chi connectivity index (χ1) is 12.8. The topological polar surface area (TPSA) is 86.3 Å². The molecule has 1 unspecified atom stereocenters. The molecular formula is C16H14F3N3O4S. The molecule has 2 aromatic heterocycles. The van der Waals surface area contributed by atoms with E-state index in [1.54, 1.807) is 12.1 Å². The van der Waals surface area contributed by atoms with Crippen molar-refractivity contribution in [2.45, 2.75) is 17.3 Å². The molecule has 7 nitrogen and oxygen atoms in total. The second kappa shape index (κ2) is 7.43. The molecule has 3 rings (SSSR count). The van der Waals surface area contributed by atoms with Crippen molar-refractivity contribution in [2.24, 2.45) is 0 Å². The summed E-state index contributed by atoms with van der Waals surface area (Å²) in [5.41, 5.74) is 1.05. The highest BCUT2D eigenvalue weighted by atomic mass is 32.2. The Labute approximate surface area is 153 Å². The number of pyridine rings is 1. The van der Waals surface area contributed by atoms with Gasteiger partial charge in [0.1, 0.15) is 5.75 Å². The molecule has 11 heteroatoms. The van der Waals surface area contributed by atoms with E-state index in [1.807, 2.05) is 0 Å². The van der Waals surface area contributed by atoms with E-state index in [2.05, 4.69) is 19.7 Å². The summed E-state index contributed by atoms with van der Waals surface area (Å²) in [5.74, 6) is -0.0357. The minimum atomic E-state index is -4.87. The van der Waals surface area contributed by atoms with Gasteiger partial charge in [0.25, 0.3) is 0 Å². The van der Waals surface area contributed by atoms with Gasteiger partial charge in [-0.2, -0.15) is 0 Å². The van der Waals surface area contributed by atoms with Crippen LogP contribution in [0.15, 0.2) is 35.6 Å². The fourth-order valence-corrected chi connectivity index (χ4v) is 3.32. The van der Waals surface area contributed by atoms with Gasteiger partial charge >= 0.3 is 6.36 Å². The summed E-state index contributed by atoms with van der Waals surface area (Å²) >= 11 is 0. The number of nitrogens with zero attached hydrogens (tertiary/aromatic N) is 2. The molecule has 3 aromatic rings. The van der Waals surface area contributed by atoms with Gasteiger partial charge in [0.05, 0.1) is 47.5 Å². The Kier molecular flexibility index (Phi) is 5.22.